The van der Waals surface area contributed by atoms with Crippen molar-refractivity contribution in [3.63, 3.8) is 0 Å². The Morgan fingerprint density at radius 2 is 1.83 bits per heavy atom. The van der Waals surface area contributed by atoms with Gasteiger partial charge in [-0.15, -0.1) is 0 Å². The zero-order valence-electron chi connectivity index (χ0n) is 9.54. The maximum Gasteiger partial charge on any atom is 0.0465 e. The molecule has 2 rings (SSSR count). The molecule has 0 aliphatic heterocycles. The number of hydrogen-bond acceptors (Lipinski definition) is 1. The van der Waals surface area contributed by atoms with Crippen LogP contribution in [0.15, 0.2) is 51.4 Å². The Kier molecular flexibility index (Phi) is 4.84. The van der Waals surface area contributed by atoms with Crippen molar-refractivity contribution in [2.75, 3.05) is 0 Å². The second-order valence-electron chi connectivity index (χ2n) is 4.07. The molecule has 0 radical (unpaired) electrons. The third kappa shape index (κ3) is 3.35. The van der Waals surface area contributed by atoms with Gasteiger partial charge in [0, 0.05) is 20.0 Å². The van der Waals surface area contributed by atoms with Gasteiger partial charge in [-0.05, 0) is 35.7 Å². The number of benzene rings is 2. The van der Waals surface area contributed by atoms with Crippen LogP contribution >= 0.6 is 43.5 Å². The van der Waals surface area contributed by atoms with Gasteiger partial charge in [-0.25, -0.2) is 0 Å². The Morgan fingerprint density at radius 1 is 1.11 bits per heavy atom. The number of hydrogen-bond donors (Lipinski definition) is 1. The monoisotopic (exact) mass is 387 g/mol. The molecule has 18 heavy (non-hydrogen) atoms. The average molecular weight is 390 g/mol. The quantitative estimate of drug-likeness (QED) is 0.776. The van der Waals surface area contributed by atoms with Crippen LogP contribution in [0.4, 0.5) is 0 Å². The lowest BCUT2D eigenvalue weighted by atomic mass is 10.00. The topological polar surface area (TPSA) is 26.0 Å². The summed E-state index contributed by atoms with van der Waals surface area (Å²) in [6.07, 6.45) is 0.753. The highest BCUT2D eigenvalue weighted by Gasteiger charge is 2.12. The zero-order valence-corrected chi connectivity index (χ0v) is 13.5. The SMILES string of the molecule is NC(Cc1ccccc1Br)c1ccc(Br)cc1Cl. The largest absolute Gasteiger partial charge is 0.324 e. The van der Waals surface area contributed by atoms with E-state index in [1.54, 1.807) is 0 Å². The molecule has 4 heteroatoms. The van der Waals surface area contributed by atoms with Gasteiger partial charge in [0.05, 0.1) is 0 Å². The molecular formula is C14H12Br2ClN. The van der Waals surface area contributed by atoms with E-state index in [9.17, 15) is 0 Å². The van der Waals surface area contributed by atoms with Crippen LogP contribution in [0, 0.1) is 0 Å². The first-order chi connectivity index (χ1) is 8.58. The van der Waals surface area contributed by atoms with Crippen molar-refractivity contribution < 1.29 is 0 Å². The summed E-state index contributed by atoms with van der Waals surface area (Å²) < 4.78 is 2.04. The normalized spacial score (nSPS) is 12.4. The van der Waals surface area contributed by atoms with Gasteiger partial charge in [-0.3, -0.25) is 0 Å². The Bertz CT molecular complexity index is 557. The van der Waals surface area contributed by atoms with Crippen LogP contribution in [0.1, 0.15) is 17.2 Å². The molecule has 0 saturated heterocycles. The van der Waals surface area contributed by atoms with Gasteiger partial charge in [-0.1, -0.05) is 67.7 Å². The fraction of sp³-hybridized carbons (Fsp3) is 0.143. The van der Waals surface area contributed by atoms with E-state index in [0.717, 1.165) is 20.9 Å². The highest BCUT2D eigenvalue weighted by atomic mass is 79.9. The molecule has 0 saturated carbocycles. The molecule has 0 aliphatic carbocycles. The Morgan fingerprint density at radius 3 is 2.50 bits per heavy atom. The van der Waals surface area contributed by atoms with Crippen molar-refractivity contribution in [3.05, 3.63) is 67.6 Å². The smallest absolute Gasteiger partial charge is 0.0465 e. The molecule has 2 N–H and O–H groups in total. The van der Waals surface area contributed by atoms with E-state index in [4.69, 9.17) is 17.3 Å². The van der Waals surface area contributed by atoms with Crippen LogP contribution in [-0.2, 0) is 6.42 Å². The zero-order chi connectivity index (χ0) is 13.1. The van der Waals surface area contributed by atoms with Crippen LogP contribution in [0.25, 0.3) is 0 Å². The Hall–Kier alpha value is -0.350. The van der Waals surface area contributed by atoms with Crippen LogP contribution in [0.3, 0.4) is 0 Å². The molecule has 2 aromatic carbocycles. The lowest BCUT2D eigenvalue weighted by Crippen LogP contribution is -2.14. The van der Waals surface area contributed by atoms with Gasteiger partial charge in [-0.2, -0.15) is 0 Å². The summed E-state index contributed by atoms with van der Waals surface area (Å²) in [5.74, 6) is 0. The van der Waals surface area contributed by atoms with Gasteiger partial charge in [0.25, 0.3) is 0 Å². The lowest BCUT2D eigenvalue weighted by Gasteiger charge is -2.15. The minimum atomic E-state index is -0.107. The maximum atomic E-state index is 6.23. The summed E-state index contributed by atoms with van der Waals surface area (Å²) in [4.78, 5) is 0. The molecule has 1 nitrogen and oxygen atoms in total. The number of halogens is 3. The van der Waals surface area contributed by atoms with E-state index in [2.05, 4.69) is 37.9 Å². The van der Waals surface area contributed by atoms with E-state index in [1.165, 1.54) is 5.56 Å². The van der Waals surface area contributed by atoms with E-state index in [0.29, 0.717) is 5.02 Å². The van der Waals surface area contributed by atoms with Gasteiger partial charge in [0.15, 0.2) is 0 Å². The molecule has 0 aromatic heterocycles. The van der Waals surface area contributed by atoms with Gasteiger partial charge >= 0.3 is 0 Å². The molecule has 0 aliphatic rings. The average Bonchev–Trinajstić information content (AvgIpc) is 2.32. The van der Waals surface area contributed by atoms with Gasteiger partial charge in [0.2, 0.25) is 0 Å². The summed E-state index contributed by atoms with van der Waals surface area (Å²) in [6, 6.07) is 13.8. The lowest BCUT2D eigenvalue weighted by molar-refractivity contribution is 0.720. The number of nitrogens with two attached hydrogens (primary N) is 1. The third-order valence-corrected chi connectivity index (χ3v) is 4.35. The van der Waals surface area contributed by atoms with Gasteiger partial charge < -0.3 is 5.73 Å². The van der Waals surface area contributed by atoms with Gasteiger partial charge in [0.1, 0.15) is 0 Å². The van der Waals surface area contributed by atoms with E-state index >= 15 is 0 Å². The molecular weight excluding hydrogens is 377 g/mol. The summed E-state index contributed by atoms with van der Waals surface area (Å²) in [5, 5.41) is 0.698. The van der Waals surface area contributed by atoms with Crippen LogP contribution in [0.5, 0.6) is 0 Å². The second kappa shape index (κ2) is 6.20. The highest BCUT2D eigenvalue weighted by molar-refractivity contribution is 9.10. The molecule has 0 fully saturated rings. The molecule has 94 valence electrons. The standard InChI is InChI=1S/C14H12Br2ClN/c15-10-5-6-11(13(17)8-10)14(18)7-9-3-1-2-4-12(9)16/h1-6,8,14H,7,18H2. The minimum absolute atomic E-state index is 0.107. The van der Waals surface area contributed by atoms with E-state index in [-0.39, 0.29) is 6.04 Å². The molecule has 2 aromatic rings. The summed E-state index contributed by atoms with van der Waals surface area (Å²) in [5.41, 5.74) is 8.38. The second-order valence-corrected chi connectivity index (χ2v) is 6.25. The summed E-state index contributed by atoms with van der Waals surface area (Å²) >= 11 is 13.1. The predicted octanol–water partition coefficient (Wildman–Crippen LogP) is 5.11. The Labute approximate surface area is 129 Å². The van der Waals surface area contributed by atoms with Crippen LogP contribution in [-0.4, -0.2) is 0 Å². The first kappa shape index (κ1) is 14.1. The fourth-order valence-corrected chi connectivity index (χ4v) is 3.07. The van der Waals surface area contributed by atoms with Crippen molar-refractivity contribution in [3.8, 4) is 0 Å². The predicted molar refractivity (Wildman–Crippen MR) is 83.9 cm³/mol. The van der Waals surface area contributed by atoms with Crippen molar-refractivity contribution in [1.82, 2.24) is 0 Å². The minimum Gasteiger partial charge on any atom is -0.324 e. The summed E-state index contributed by atoms with van der Waals surface area (Å²) in [7, 11) is 0. The molecule has 1 unspecified atom stereocenters. The molecule has 0 amide bonds. The highest BCUT2D eigenvalue weighted by Crippen LogP contribution is 2.28. The molecule has 1 atom stereocenters. The van der Waals surface area contributed by atoms with Crippen molar-refractivity contribution in [1.29, 1.82) is 0 Å². The van der Waals surface area contributed by atoms with Crippen molar-refractivity contribution >= 4 is 43.5 Å². The first-order valence-electron chi connectivity index (χ1n) is 5.52. The third-order valence-electron chi connectivity index (χ3n) is 2.76. The Balaban J connectivity index is 2.22. The fourth-order valence-electron chi connectivity index (χ4n) is 1.81. The van der Waals surface area contributed by atoms with Crippen LogP contribution < -0.4 is 5.73 Å². The van der Waals surface area contributed by atoms with E-state index in [1.807, 2.05) is 36.4 Å². The first-order valence-corrected chi connectivity index (χ1v) is 7.48. The van der Waals surface area contributed by atoms with Crippen molar-refractivity contribution in [2.45, 2.75) is 12.5 Å². The molecule has 0 heterocycles. The van der Waals surface area contributed by atoms with Crippen molar-refractivity contribution in [2.24, 2.45) is 5.73 Å². The van der Waals surface area contributed by atoms with Crippen LogP contribution in [0.2, 0.25) is 5.02 Å². The van der Waals surface area contributed by atoms with E-state index < -0.39 is 0 Å². The molecule has 0 spiro atoms. The summed E-state index contributed by atoms with van der Waals surface area (Å²) in [6.45, 7) is 0. The molecule has 0 bridgehead atoms. The maximum absolute atomic E-state index is 6.23. The number of rotatable bonds is 3.